The summed E-state index contributed by atoms with van der Waals surface area (Å²) in [7, 11) is 0. The second kappa shape index (κ2) is 3.09. The molecule has 1 aromatic rings. The topological polar surface area (TPSA) is 12.0 Å². The predicted molar refractivity (Wildman–Crippen MR) is 58.7 cm³/mol. The molecule has 13 heavy (non-hydrogen) atoms. The zero-order chi connectivity index (χ0) is 9.26. The van der Waals surface area contributed by atoms with E-state index in [2.05, 4.69) is 42.2 Å². The first-order valence-electron chi connectivity index (χ1n) is 4.48. The van der Waals surface area contributed by atoms with E-state index in [1.165, 1.54) is 16.8 Å². The molecule has 0 spiro atoms. The maximum absolute atomic E-state index is 3.93. The van der Waals surface area contributed by atoms with Gasteiger partial charge in [0.25, 0.3) is 0 Å². The first-order chi connectivity index (χ1) is 6.27. The minimum atomic E-state index is 0.923. The molecule has 1 aliphatic heterocycles. The first-order valence-corrected chi connectivity index (χ1v) is 4.48. The van der Waals surface area contributed by atoms with E-state index in [0.717, 1.165) is 12.1 Å². The van der Waals surface area contributed by atoms with Crippen molar-refractivity contribution in [2.45, 2.75) is 6.92 Å². The molecule has 0 saturated carbocycles. The van der Waals surface area contributed by atoms with Gasteiger partial charge < -0.3 is 5.32 Å². The number of hydrogen-bond acceptors (Lipinski definition) is 1. The summed E-state index contributed by atoms with van der Waals surface area (Å²) in [6, 6.07) is 6.39. The van der Waals surface area contributed by atoms with Crippen LogP contribution in [0, 0.1) is 0 Å². The van der Waals surface area contributed by atoms with Gasteiger partial charge in [0.15, 0.2) is 0 Å². The molecule has 2 rings (SSSR count). The lowest BCUT2D eigenvalue weighted by molar-refractivity contribution is 1.31. The average Bonchev–Trinajstić information content (AvgIpc) is 2.17. The third-order valence-corrected chi connectivity index (χ3v) is 2.25. The Morgan fingerprint density at radius 3 is 3.08 bits per heavy atom. The SMILES string of the molecule is C=C(C)c1ccc2c(c1)NCC=C2. The number of nitrogens with one attached hydrogen (secondary N) is 1. The standard InChI is InChI=1S/C12H13N/c1-9(2)11-6-5-10-4-3-7-13-12(10)8-11/h3-6,8,13H,1,7H2,2H3. The average molecular weight is 171 g/mol. The lowest BCUT2D eigenvalue weighted by atomic mass is 10.0. The summed E-state index contributed by atoms with van der Waals surface area (Å²) in [4.78, 5) is 0. The van der Waals surface area contributed by atoms with E-state index in [4.69, 9.17) is 0 Å². The molecule has 0 radical (unpaired) electrons. The molecule has 0 unspecified atom stereocenters. The van der Waals surface area contributed by atoms with Gasteiger partial charge in [-0.25, -0.2) is 0 Å². The summed E-state index contributed by atoms with van der Waals surface area (Å²) in [5.41, 5.74) is 4.79. The summed E-state index contributed by atoms with van der Waals surface area (Å²) < 4.78 is 0. The van der Waals surface area contributed by atoms with Crippen molar-refractivity contribution in [3.8, 4) is 0 Å². The van der Waals surface area contributed by atoms with Gasteiger partial charge in [-0.15, -0.1) is 0 Å². The molecular formula is C12H13N. The van der Waals surface area contributed by atoms with Gasteiger partial charge in [-0.2, -0.15) is 0 Å². The third-order valence-electron chi connectivity index (χ3n) is 2.25. The van der Waals surface area contributed by atoms with Crippen molar-refractivity contribution in [1.82, 2.24) is 0 Å². The Bertz CT molecular complexity index is 375. The van der Waals surface area contributed by atoms with Crippen molar-refractivity contribution in [3.63, 3.8) is 0 Å². The summed E-state index contributed by atoms with van der Waals surface area (Å²) in [5.74, 6) is 0. The summed E-state index contributed by atoms with van der Waals surface area (Å²) in [6.45, 7) is 6.88. The van der Waals surface area contributed by atoms with E-state index in [9.17, 15) is 0 Å². The molecule has 0 fully saturated rings. The van der Waals surface area contributed by atoms with Crippen LogP contribution in [0.3, 0.4) is 0 Å². The Morgan fingerprint density at radius 1 is 1.46 bits per heavy atom. The van der Waals surface area contributed by atoms with Gasteiger partial charge in [0.1, 0.15) is 0 Å². The molecule has 0 aliphatic carbocycles. The molecule has 1 heterocycles. The van der Waals surface area contributed by atoms with Crippen molar-refractivity contribution in [3.05, 3.63) is 42.0 Å². The Hall–Kier alpha value is -1.50. The fraction of sp³-hybridized carbons (Fsp3) is 0.167. The van der Waals surface area contributed by atoms with Gasteiger partial charge in [-0.1, -0.05) is 36.4 Å². The zero-order valence-electron chi connectivity index (χ0n) is 7.80. The highest BCUT2D eigenvalue weighted by Gasteiger charge is 2.03. The van der Waals surface area contributed by atoms with Crippen LogP contribution >= 0.6 is 0 Å². The van der Waals surface area contributed by atoms with Gasteiger partial charge >= 0.3 is 0 Å². The number of hydrogen-bond donors (Lipinski definition) is 1. The lowest BCUT2D eigenvalue weighted by Gasteiger charge is -2.14. The van der Waals surface area contributed by atoms with Crippen molar-refractivity contribution in [2.75, 3.05) is 11.9 Å². The molecule has 1 N–H and O–H groups in total. The highest BCUT2D eigenvalue weighted by molar-refractivity contribution is 5.75. The maximum atomic E-state index is 3.93. The van der Waals surface area contributed by atoms with Gasteiger partial charge in [0, 0.05) is 12.2 Å². The highest BCUT2D eigenvalue weighted by atomic mass is 14.9. The molecule has 0 amide bonds. The van der Waals surface area contributed by atoms with E-state index in [1.54, 1.807) is 0 Å². The minimum Gasteiger partial charge on any atom is -0.381 e. The van der Waals surface area contributed by atoms with Crippen LogP contribution in [0.15, 0.2) is 30.9 Å². The van der Waals surface area contributed by atoms with E-state index < -0.39 is 0 Å². The normalized spacial score (nSPS) is 13.3. The van der Waals surface area contributed by atoms with Gasteiger partial charge in [-0.3, -0.25) is 0 Å². The van der Waals surface area contributed by atoms with Crippen LogP contribution in [0.5, 0.6) is 0 Å². The number of fused-ring (bicyclic) bond motifs is 1. The third kappa shape index (κ3) is 1.50. The Balaban J connectivity index is 2.48. The van der Waals surface area contributed by atoms with Crippen molar-refractivity contribution < 1.29 is 0 Å². The predicted octanol–water partition coefficient (Wildman–Crippen LogP) is 3.16. The first kappa shape index (κ1) is 8.11. The van der Waals surface area contributed by atoms with Crippen LogP contribution in [0.1, 0.15) is 18.1 Å². The monoisotopic (exact) mass is 171 g/mol. The Morgan fingerprint density at radius 2 is 2.31 bits per heavy atom. The second-order valence-electron chi connectivity index (χ2n) is 3.37. The lowest BCUT2D eigenvalue weighted by Crippen LogP contribution is -2.04. The summed E-state index contributed by atoms with van der Waals surface area (Å²) in [5, 5.41) is 3.33. The molecule has 1 heteroatoms. The molecule has 0 bridgehead atoms. The molecule has 0 atom stereocenters. The van der Waals surface area contributed by atoms with Gasteiger partial charge in [0.2, 0.25) is 0 Å². The Kier molecular flexibility index (Phi) is 1.93. The minimum absolute atomic E-state index is 0.923. The molecule has 1 aromatic carbocycles. The summed E-state index contributed by atoms with van der Waals surface area (Å²) in [6.07, 6.45) is 4.27. The molecular weight excluding hydrogens is 158 g/mol. The number of anilines is 1. The highest BCUT2D eigenvalue weighted by Crippen LogP contribution is 2.24. The van der Waals surface area contributed by atoms with Crippen molar-refractivity contribution in [1.29, 1.82) is 0 Å². The van der Waals surface area contributed by atoms with Crippen LogP contribution in [0.2, 0.25) is 0 Å². The van der Waals surface area contributed by atoms with Gasteiger partial charge in [-0.05, 0) is 24.1 Å². The number of rotatable bonds is 1. The Labute approximate surface area is 78.8 Å². The molecule has 1 nitrogen and oxygen atoms in total. The fourth-order valence-electron chi connectivity index (χ4n) is 1.47. The molecule has 0 aromatic heterocycles. The quantitative estimate of drug-likeness (QED) is 0.684. The van der Waals surface area contributed by atoms with Crippen molar-refractivity contribution in [2.24, 2.45) is 0 Å². The summed E-state index contributed by atoms with van der Waals surface area (Å²) >= 11 is 0. The van der Waals surface area contributed by atoms with Crippen LogP contribution in [0.25, 0.3) is 11.6 Å². The van der Waals surface area contributed by atoms with Crippen LogP contribution < -0.4 is 5.32 Å². The largest absolute Gasteiger partial charge is 0.381 e. The van der Waals surface area contributed by atoms with E-state index in [0.29, 0.717) is 0 Å². The smallest absolute Gasteiger partial charge is 0.0422 e. The van der Waals surface area contributed by atoms with E-state index in [-0.39, 0.29) is 0 Å². The van der Waals surface area contributed by atoms with E-state index in [1.807, 2.05) is 6.92 Å². The van der Waals surface area contributed by atoms with E-state index >= 15 is 0 Å². The van der Waals surface area contributed by atoms with Crippen LogP contribution in [-0.2, 0) is 0 Å². The number of benzene rings is 1. The fourth-order valence-corrected chi connectivity index (χ4v) is 1.47. The molecule has 66 valence electrons. The maximum Gasteiger partial charge on any atom is 0.0422 e. The van der Waals surface area contributed by atoms with Crippen molar-refractivity contribution >= 4 is 17.3 Å². The second-order valence-corrected chi connectivity index (χ2v) is 3.37. The molecule has 0 saturated heterocycles. The molecule has 1 aliphatic rings. The number of allylic oxidation sites excluding steroid dienone is 1. The van der Waals surface area contributed by atoms with Crippen LogP contribution in [0.4, 0.5) is 5.69 Å². The zero-order valence-corrected chi connectivity index (χ0v) is 7.80. The van der Waals surface area contributed by atoms with Crippen LogP contribution in [-0.4, -0.2) is 6.54 Å². The van der Waals surface area contributed by atoms with Gasteiger partial charge in [0.05, 0.1) is 0 Å².